The Bertz CT molecular complexity index is 890. The Labute approximate surface area is 138 Å². The van der Waals surface area contributed by atoms with Crippen LogP contribution in [0, 0.1) is 4.91 Å². The van der Waals surface area contributed by atoms with Crippen LogP contribution in [0.15, 0.2) is 66.2 Å². The van der Waals surface area contributed by atoms with Crippen molar-refractivity contribution in [3.8, 4) is 11.3 Å². The van der Waals surface area contributed by atoms with Crippen molar-refractivity contribution >= 4 is 5.69 Å². The smallest absolute Gasteiger partial charge is 0.108 e. The quantitative estimate of drug-likeness (QED) is 0.571. The zero-order valence-corrected chi connectivity index (χ0v) is 12.9. The highest BCUT2D eigenvalue weighted by Crippen LogP contribution is 2.43. The summed E-state index contributed by atoms with van der Waals surface area (Å²) in [5.41, 5.74) is 4.70. The Morgan fingerprint density at radius 3 is 2.96 bits per heavy atom. The second-order valence-electron chi connectivity index (χ2n) is 5.84. The van der Waals surface area contributed by atoms with Crippen LogP contribution in [0.3, 0.4) is 0 Å². The molecular weight excluding hydrogens is 304 g/mol. The minimum Gasteiger partial charge on any atom is -0.323 e. The van der Waals surface area contributed by atoms with Gasteiger partial charge in [0.25, 0.3) is 0 Å². The summed E-state index contributed by atoms with van der Waals surface area (Å²) in [5, 5.41) is 2.98. The van der Waals surface area contributed by atoms with Crippen molar-refractivity contribution in [1.82, 2.24) is 9.55 Å². The minimum atomic E-state index is -0.349. The van der Waals surface area contributed by atoms with Crippen LogP contribution < -0.4 is 5.90 Å². The molecule has 2 unspecified atom stereocenters. The number of benzene rings is 2. The minimum absolute atomic E-state index is 0.0834. The van der Waals surface area contributed by atoms with E-state index < -0.39 is 0 Å². The van der Waals surface area contributed by atoms with E-state index in [1.807, 2.05) is 30.7 Å². The third-order valence-electron chi connectivity index (χ3n) is 4.55. The van der Waals surface area contributed by atoms with Gasteiger partial charge in [0.15, 0.2) is 0 Å². The van der Waals surface area contributed by atoms with Gasteiger partial charge < -0.3 is 4.57 Å². The molecule has 2 aromatic carbocycles. The van der Waals surface area contributed by atoms with E-state index in [1.165, 1.54) is 11.1 Å². The fourth-order valence-corrected chi connectivity index (χ4v) is 3.43. The molecule has 0 spiro atoms. The highest BCUT2D eigenvalue weighted by molar-refractivity contribution is 5.68. The van der Waals surface area contributed by atoms with Crippen molar-refractivity contribution in [3.63, 3.8) is 0 Å². The van der Waals surface area contributed by atoms with Gasteiger partial charge in [-0.25, -0.2) is 10.9 Å². The first-order valence-corrected chi connectivity index (χ1v) is 7.72. The van der Waals surface area contributed by atoms with Crippen LogP contribution in [0.5, 0.6) is 0 Å². The molecule has 0 bridgehead atoms. The summed E-state index contributed by atoms with van der Waals surface area (Å²) in [4.78, 5) is 20.3. The van der Waals surface area contributed by atoms with E-state index in [2.05, 4.69) is 26.9 Å². The molecule has 1 aromatic heterocycles. The van der Waals surface area contributed by atoms with Crippen LogP contribution in [-0.2, 0) is 4.84 Å². The Hall–Kier alpha value is -2.83. The molecule has 120 valence electrons. The molecule has 6 nitrogen and oxygen atoms in total. The average Bonchev–Trinajstić information content (AvgIpc) is 3.22. The zero-order chi connectivity index (χ0) is 16.5. The lowest BCUT2D eigenvalue weighted by Crippen LogP contribution is -2.16. The molecule has 0 fully saturated rings. The molecule has 0 saturated carbocycles. The second kappa shape index (κ2) is 5.99. The summed E-state index contributed by atoms with van der Waals surface area (Å²) in [6, 6.07) is 15.4. The van der Waals surface area contributed by atoms with Crippen molar-refractivity contribution in [1.29, 1.82) is 0 Å². The summed E-state index contributed by atoms with van der Waals surface area (Å²) < 4.78 is 2.14. The lowest BCUT2D eigenvalue weighted by Gasteiger charge is -2.21. The van der Waals surface area contributed by atoms with Crippen LogP contribution in [-0.4, -0.2) is 9.55 Å². The molecule has 2 heterocycles. The number of rotatable bonds is 5. The number of imidazole rings is 1. The second-order valence-corrected chi connectivity index (χ2v) is 5.84. The van der Waals surface area contributed by atoms with Crippen molar-refractivity contribution in [2.24, 2.45) is 11.1 Å². The Balaban J connectivity index is 1.70. The van der Waals surface area contributed by atoms with Gasteiger partial charge in [-0.15, -0.1) is 4.91 Å². The van der Waals surface area contributed by atoms with E-state index >= 15 is 0 Å². The molecule has 0 aliphatic carbocycles. The molecule has 1 aliphatic heterocycles. The predicted molar refractivity (Wildman–Crippen MR) is 90.3 cm³/mol. The van der Waals surface area contributed by atoms with Crippen molar-refractivity contribution < 1.29 is 4.84 Å². The Morgan fingerprint density at radius 2 is 2.12 bits per heavy atom. The van der Waals surface area contributed by atoms with Gasteiger partial charge in [0.05, 0.1) is 24.3 Å². The molecule has 24 heavy (non-hydrogen) atoms. The molecule has 0 saturated heterocycles. The third-order valence-corrected chi connectivity index (χ3v) is 4.55. The highest BCUT2D eigenvalue weighted by Gasteiger charge is 2.30. The number of fused-ring (bicyclic) bond motifs is 3. The summed E-state index contributed by atoms with van der Waals surface area (Å²) in [6.07, 6.45) is 3.99. The molecule has 4 rings (SSSR count). The molecule has 2 atom stereocenters. The summed E-state index contributed by atoms with van der Waals surface area (Å²) in [7, 11) is 0. The summed E-state index contributed by atoms with van der Waals surface area (Å²) in [5.74, 6) is 5.56. The van der Waals surface area contributed by atoms with E-state index in [0.29, 0.717) is 12.1 Å². The van der Waals surface area contributed by atoms with Gasteiger partial charge in [-0.1, -0.05) is 36.4 Å². The average molecular weight is 320 g/mol. The van der Waals surface area contributed by atoms with E-state index in [-0.39, 0.29) is 12.1 Å². The lowest BCUT2D eigenvalue weighted by atomic mass is 9.95. The Morgan fingerprint density at radius 1 is 1.25 bits per heavy atom. The van der Waals surface area contributed by atoms with Gasteiger partial charge >= 0.3 is 0 Å². The normalized spacial score (nSPS) is 16.5. The van der Waals surface area contributed by atoms with Crippen molar-refractivity contribution in [3.05, 3.63) is 77.1 Å². The monoisotopic (exact) mass is 320 g/mol. The SMILES string of the molecule is NOC(CC1c2ccccc2-c2cncn21)c1cccc(N=O)c1. The predicted octanol–water partition coefficient (Wildman–Crippen LogP) is 3.87. The van der Waals surface area contributed by atoms with E-state index in [9.17, 15) is 4.91 Å². The molecule has 0 radical (unpaired) electrons. The van der Waals surface area contributed by atoms with E-state index in [0.717, 1.165) is 11.3 Å². The maximum Gasteiger partial charge on any atom is 0.108 e. The number of hydrogen-bond donors (Lipinski definition) is 1. The maximum absolute atomic E-state index is 10.8. The first-order valence-electron chi connectivity index (χ1n) is 7.72. The first-order chi connectivity index (χ1) is 11.8. The zero-order valence-electron chi connectivity index (χ0n) is 12.9. The van der Waals surface area contributed by atoms with Crippen LogP contribution in [0.4, 0.5) is 5.69 Å². The number of nitrogens with zero attached hydrogens (tertiary/aromatic N) is 3. The van der Waals surface area contributed by atoms with E-state index in [4.69, 9.17) is 10.7 Å². The molecule has 2 N–H and O–H groups in total. The summed E-state index contributed by atoms with van der Waals surface area (Å²) in [6.45, 7) is 0. The summed E-state index contributed by atoms with van der Waals surface area (Å²) >= 11 is 0. The van der Waals surface area contributed by atoms with Crippen LogP contribution >= 0.6 is 0 Å². The lowest BCUT2D eigenvalue weighted by molar-refractivity contribution is 0.0397. The van der Waals surface area contributed by atoms with Gasteiger partial charge in [-0.05, 0) is 28.4 Å². The topological polar surface area (TPSA) is 82.5 Å². The molecule has 0 amide bonds. The number of nitrogens with two attached hydrogens (primary N) is 1. The molecule has 6 heteroatoms. The fourth-order valence-electron chi connectivity index (χ4n) is 3.43. The van der Waals surface area contributed by atoms with Crippen LogP contribution in [0.2, 0.25) is 0 Å². The standard InChI is InChI=1S/C18H16N4O2/c19-24-18(12-4-3-5-13(8-12)21-23)9-16-14-6-1-2-7-15(14)17-10-20-11-22(16)17/h1-8,10-11,16,18H,9,19H2. The van der Waals surface area contributed by atoms with Crippen molar-refractivity contribution in [2.75, 3.05) is 0 Å². The number of hydrogen-bond acceptors (Lipinski definition) is 5. The molecule has 1 aliphatic rings. The molecule has 3 aromatic rings. The molecular formula is C18H16N4O2. The van der Waals surface area contributed by atoms with Crippen LogP contribution in [0.1, 0.15) is 29.7 Å². The highest BCUT2D eigenvalue weighted by atomic mass is 16.6. The van der Waals surface area contributed by atoms with Gasteiger partial charge in [-0.3, -0.25) is 4.84 Å². The van der Waals surface area contributed by atoms with Gasteiger partial charge in [0.1, 0.15) is 11.8 Å². The van der Waals surface area contributed by atoms with Gasteiger partial charge in [0.2, 0.25) is 0 Å². The van der Waals surface area contributed by atoms with Gasteiger partial charge in [-0.2, -0.15) is 0 Å². The Kier molecular flexibility index (Phi) is 3.68. The number of nitroso groups, excluding NO2 is 1. The third kappa shape index (κ3) is 2.33. The van der Waals surface area contributed by atoms with E-state index in [1.54, 1.807) is 18.2 Å². The largest absolute Gasteiger partial charge is 0.323 e. The van der Waals surface area contributed by atoms with Gasteiger partial charge in [0, 0.05) is 12.0 Å². The maximum atomic E-state index is 10.8. The first kappa shape index (κ1) is 14.7. The van der Waals surface area contributed by atoms with Crippen molar-refractivity contribution in [2.45, 2.75) is 18.6 Å². The van der Waals surface area contributed by atoms with Crippen LogP contribution in [0.25, 0.3) is 11.3 Å². The number of aromatic nitrogens is 2. The fraction of sp³-hybridized carbons (Fsp3) is 0.167.